The summed E-state index contributed by atoms with van der Waals surface area (Å²) >= 11 is 5.81. The molecule has 122 valence electrons. The lowest BCUT2D eigenvalue weighted by Gasteiger charge is -2.32. The summed E-state index contributed by atoms with van der Waals surface area (Å²) in [5, 5.41) is 10.7. The maximum absolute atomic E-state index is 10.0. The second-order valence-electron chi connectivity index (χ2n) is 6.68. The standard InChI is InChI=1S/C16H24BClO4/c1-15(2)16(3,4)22-17(21-15)10-9-13(19)11-20-14-7-5-12(18)6-8-14/h5-8,13,19H,9-11H2,1-4H3. The molecule has 1 fully saturated rings. The number of aliphatic hydroxyl groups excluding tert-OH is 1. The third-order valence-corrected chi connectivity index (χ3v) is 4.55. The number of hydrogen-bond donors (Lipinski definition) is 1. The first kappa shape index (κ1) is 17.6. The van der Waals surface area contributed by atoms with E-state index in [1.807, 2.05) is 27.7 Å². The van der Waals surface area contributed by atoms with Gasteiger partial charge in [0.1, 0.15) is 12.4 Å². The van der Waals surface area contributed by atoms with Gasteiger partial charge in [0.2, 0.25) is 0 Å². The Bertz CT molecular complexity index is 473. The monoisotopic (exact) mass is 326 g/mol. The van der Waals surface area contributed by atoms with Crippen molar-refractivity contribution in [3.63, 3.8) is 0 Å². The molecule has 0 spiro atoms. The molecule has 6 heteroatoms. The smallest absolute Gasteiger partial charge is 0.457 e. The molecule has 1 aliphatic rings. The van der Waals surface area contributed by atoms with Crippen LogP contribution in [0.25, 0.3) is 0 Å². The highest BCUT2D eigenvalue weighted by atomic mass is 35.5. The van der Waals surface area contributed by atoms with E-state index in [1.54, 1.807) is 24.3 Å². The first-order valence-corrected chi connectivity index (χ1v) is 7.99. The summed E-state index contributed by atoms with van der Waals surface area (Å²) in [5.74, 6) is 0.694. The highest BCUT2D eigenvalue weighted by Gasteiger charge is 2.50. The van der Waals surface area contributed by atoms with Crippen molar-refractivity contribution in [1.29, 1.82) is 0 Å². The van der Waals surface area contributed by atoms with E-state index in [2.05, 4.69) is 0 Å². The van der Waals surface area contributed by atoms with E-state index in [1.165, 1.54) is 0 Å². The lowest BCUT2D eigenvalue weighted by molar-refractivity contribution is 0.00578. The lowest BCUT2D eigenvalue weighted by Crippen LogP contribution is -2.41. The van der Waals surface area contributed by atoms with E-state index in [0.717, 1.165) is 0 Å². The van der Waals surface area contributed by atoms with Gasteiger partial charge in [-0.1, -0.05) is 11.6 Å². The average Bonchev–Trinajstić information content (AvgIpc) is 2.64. The zero-order chi connectivity index (χ0) is 16.4. The molecule has 4 nitrogen and oxygen atoms in total. The molecule has 1 saturated heterocycles. The summed E-state index contributed by atoms with van der Waals surface area (Å²) in [6.07, 6.45) is 0.636. The van der Waals surface area contributed by atoms with Gasteiger partial charge in [0.15, 0.2) is 0 Å². The predicted molar refractivity (Wildman–Crippen MR) is 88.5 cm³/mol. The van der Waals surface area contributed by atoms with Crippen molar-refractivity contribution in [3.05, 3.63) is 29.3 Å². The normalized spacial score (nSPS) is 20.9. The Hall–Kier alpha value is -0.745. The Morgan fingerprint density at radius 3 is 2.23 bits per heavy atom. The number of rotatable bonds is 6. The molecule has 0 radical (unpaired) electrons. The predicted octanol–water partition coefficient (Wildman–Crippen LogP) is 3.56. The Labute approximate surface area is 137 Å². The Balaban J connectivity index is 1.72. The molecule has 1 aliphatic heterocycles. The second kappa shape index (κ2) is 6.79. The Morgan fingerprint density at radius 2 is 1.68 bits per heavy atom. The van der Waals surface area contributed by atoms with Crippen LogP contribution in [0.15, 0.2) is 24.3 Å². The van der Waals surface area contributed by atoms with Crippen LogP contribution < -0.4 is 4.74 Å². The molecule has 1 heterocycles. The number of benzene rings is 1. The summed E-state index contributed by atoms with van der Waals surface area (Å²) in [6.45, 7) is 8.32. The van der Waals surface area contributed by atoms with Crippen molar-refractivity contribution in [1.82, 2.24) is 0 Å². The molecule has 0 bridgehead atoms. The molecule has 22 heavy (non-hydrogen) atoms. The van der Waals surface area contributed by atoms with Crippen LogP contribution in [0.4, 0.5) is 0 Å². The van der Waals surface area contributed by atoms with Gasteiger partial charge in [-0.3, -0.25) is 0 Å². The van der Waals surface area contributed by atoms with E-state index in [4.69, 9.17) is 25.6 Å². The quantitative estimate of drug-likeness (QED) is 0.812. The summed E-state index contributed by atoms with van der Waals surface area (Å²) < 4.78 is 17.3. The van der Waals surface area contributed by atoms with Crippen molar-refractivity contribution >= 4 is 18.7 Å². The number of halogens is 1. The topological polar surface area (TPSA) is 47.9 Å². The molecule has 0 aliphatic carbocycles. The molecule has 1 atom stereocenters. The SMILES string of the molecule is CC1(C)OB(CCC(O)COc2ccc(Cl)cc2)OC1(C)C. The van der Waals surface area contributed by atoms with E-state index in [0.29, 0.717) is 23.5 Å². The highest BCUT2D eigenvalue weighted by molar-refractivity contribution is 6.45. The fraction of sp³-hybridized carbons (Fsp3) is 0.625. The van der Waals surface area contributed by atoms with Crippen LogP contribution in [0, 0.1) is 0 Å². The molecule has 0 saturated carbocycles. The van der Waals surface area contributed by atoms with E-state index >= 15 is 0 Å². The van der Waals surface area contributed by atoms with Crippen molar-refractivity contribution in [2.45, 2.75) is 57.7 Å². The van der Waals surface area contributed by atoms with E-state index < -0.39 is 6.10 Å². The van der Waals surface area contributed by atoms with Crippen molar-refractivity contribution in [2.24, 2.45) is 0 Å². The molecular formula is C16H24BClO4. The molecule has 0 aromatic heterocycles. The van der Waals surface area contributed by atoms with Gasteiger partial charge in [0.05, 0.1) is 17.3 Å². The summed E-state index contributed by atoms with van der Waals surface area (Å²) in [7, 11) is -0.282. The number of ether oxygens (including phenoxy) is 1. The van der Waals surface area contributed by atoms with Gasteiger partial charge in [-0.2, -0.15) is 0 Å². The number of aliphatic hydroxyl groups is 1. The maximum atomic E-state index is 10.0. The molecule has 1 N–H and O–H groups in total. The third-order valence-electron chi connectivity index (χ3n) is 4.29. The number of hydrogen-bond acceptors (Lipinski definition) is 4. The van der Waals surface area contributed by atoms with Crippen LogP contribution in [0.2, 0.25) is 11.3 Å². The average molecular weight is 327 g/mol. The minimum absolute atomic E-state index is 0.237. The minimum atomic E-state index is -0.560. The summed E-state index contributed by atoms with van der Waals surface area (Å²) in [6, 6.07) is 7.08. The van der Waals surface area contributed by atoms with Crippen molar-refractivity contribution < 1.29 is 19.2 Å². The molecule has 0 amide bonds. The van der Waals surface area contributed by atoms with Gasteiger partial charge in [-0.25, -0.2) is 0 Å². The summed E-state index contributed by atoms with van der Waals surface area (Å²) in [4.78, 5) is 0. The van der Waals surface area contributed by atoms with Gasteiger partial charge in [-0.15, -0.1) is 0 Å². The highest BCUT2D eigenvalue weighted by Crippen LogP contribution is 2.38. The Kier molecular flexibility index (Phi) is 5.43. The fourth-order valence-corrected chi connectivity index (χ4v) is 2.34. The van der Waals surface area contributed by atoms with E-state index in [-0.39, 0.29) is 24.9 Å². The van der Waals surface area contributed by atoms with Crippen molar-refractivity contribution in [2.75, 3.05) is 6.61 Å². The van der Waals surface area contributed by atoms with Crippen LogP contribution in [-0.4, -0.2) is 36.1 Å². The van der Waals surface area contributed by atoms with Gasteiger partial charge in [-0.05, 0) is 64.7 Å². The zero-order valence-corrected chi connectivity index (χ0v) is 14.4. The van der Waals surface area contributed by atoms with Crippen molar-refractivity contribution in [3.8, 4) is 5.75 Å². The van der Waals surface area contributed by atoms with Crippen LogP contribution >= 0.6 is 11.6 Å². The minimum Gasteiger partial charge on any atom is -0.491 e. The van der Waals surface area contributed by atoms with Gasteiger partial charge >= 0.3 is 7.12 Å². The fourth-order valence-electron chi connectivity index (χ4n) is 2.22. The lowest BCUT2D eigenvalue weighted by atomic mass is 9.82. The van der Waals surface area contributed by atoms with Crippen LogP contribution in [0.5, 0.6) is 5.75 Å². The molecule has 1 unspecified atom stereocenters. The molecule has 1 aromatic rings. The first-order chi connectivity index (χ1) is 10.2. The Morgan fingerprint density at radius 1 is 1.14 bits per heavy atom. The largest absolute Gasteiger partial charge is 0.491 e. The summed E-state index contributed by atoms with van der Waals surface area (Å²) in [5.41, 5.74) is -0.662. The zero-order valence-electron chi connectivity index (χ0n) is 13.6. The van der Waals surface area contributed by atoms with Crippen LogP contribution in [0.3, 0.4) is 0 Å². The van der Waals surface area contributed by atoms with Gasteiger partial charge in [0.25, 0.3) is 0 Å². The van der Waals surface area contributed by atoms with Gasteiger partial charge in [0, 0.05) is 5.02 Å². The van der Waals surface area contributed by atoms with Gasteiger partial charge < -0.3 is 19.2 Å². The second-order valence-corrected chi connectivity index (χ2v) is 7.12. The van der Waals surface area contributed by atoms with Crippen LogP contribution in [-0.2, 0) is 9.31 Å². The third kappa shape index (κ3) is 4.38. The van der Waals surface area contributed by atoms with Crippen LogP contribution in [0.1, 0.15) is 34.1 Å². The van der Waals surface area contributed by atoms with E-state index in [9.17, 15) is 5.11 Å². The molecule has 1 aromatic carbocycles. The first-order valence-electron chi connectivity index (χ1n) is 7.62. The molecule has 2 rings (SSSR count). The maximum Gasteiger partial charge on any atom is 0.457 e. The molecular weight excluding hydrogens is 302 g/mol.